The Bertz CT molecular complexity index is 1570. The minimum atomic E-state index is -2.63. The summed E-state index contributed by atoms with van der Waals surface area (Å²) < 4.78 is 39.1. The number of aromatic nitrogens is 4. The third-order valence-corrected chi connectivity index (χ3v) is 10.7. The molecule has 2 fully saturated rings. The van der Waals surface area contributed by atoms with E-state index in [0.29, 0.717) is 30.8 Å². The van der Waals surface area contributed by atoms with E-state index >= 15 is 0 Å². The summed E-state index contributed by atoms with van der Waals surface area (Å²) in [6, 6.07) is 3.85. The fourth-order valence-corrected chi connectivity index (χ4v) is 8.11. The van der Waals surface area contributed by atoms with Crippen LogP contribution in [0.4, 0.5) is 20.3 Å². The summed E-state index contributed by atoms with van der Waals surface area (Å²) in [7, 11) is 3.65. The Kier molecular flexibility index (Phi) is 8.62. The maximum atomic E-state index is 14.6. The normalized spacial score (nSPS) is 20.7. The van der Waals surface area contributed by atoms with E-state index in [0.717, 1.165) is 100 Å². The number of piperidine rings is 2. The van der Waals surface area contributed by atoms with Crippen LogP contribution < -0.4 is 10.2 Å². The first-order chi connectivity index (χ1) is 22.2. The Labute approximate surface area is 269 Å². The molecule has 12 heteroatoms. The van der Waals surface area contributed by atoms with Crippen LogP contribution >= 0.6 is 0 Å². The highest BCUT2D eigenvalue weighted by Gasteiger charge is 2.37. The van der Waals surface area contributed by atoms with E-state index in [2.05, 4.69) is 24.9 Å². The molecule has 0 spiro atoms. The maximum absolute atomic E-state index is 14.6. The van der Waals surface area contributed by atoms with Crippen molar-refractivity contribution in [3.05, 3.63) is 46.9 Å². The van der Waals surface area contributed by atoms with Gasteiger partial charge in [-0.1, -0.05) is 0 Å². The SMILES string of the molecule is COC1(CN2CCC(n3nc(N4CCCc5cc(-c6cnn(C)c6)c(C(F)F)cc54)c4c3CCN(C(C)=O)C4)CC2)CCNCC1. The van der Waals surface area contributed by atoms with Gasteiger partial charge in [-0.25, -0.2) is 8.78 Å². The Balaban J connectivity index is 1.21. The van der Waals surface area contributed by atoms with E-state index in [1.165, 1.54) is 5.69 Å². The molecule has 6 heterocycles. The van der Waals surface area contributed by atoms with Crippen LogP contribution in [0.3, 0.4) is 0 Å². The summed E-state index contributed by atoms with van der Waals surface area (Å²) in [6.45, 7) is 8.36. The number of ether oxygens (including phenoxy) is 1. The number of anilines is 2. The fraction of sp³-hybridized carbons (Fsp3) is 0.618. The molecule has 4 aliphatic heterocycles. The standard InChI is InChI=1S/C34H46F2N8O2/c1-23(45)42-16-8-30-29(21-42)33(39-44(30)26-6-14-41(15-7-26)22-34(46-3)9-11-37-12-10-34)43-13-4-5-24-17-27(25-19-38-40(2)20-25)28(32(35)36)18-31(24)43/h17-20,26,32,37H,4-16,21-22H2,1-3H3. The Morgan fingerprint density at radius 3 is 2.59 bits per heavy atom. The van der Waals surface area contributed by atoms with Gasteiger partial charge < -0.3 is 24.8 Å². The van der Waals surface area contributed by atoms with E-state index in [4.69, 9.17) is 9.84 Å². The lowest BCUT2D eigenvalue weighted by Gasteiger charge is -2.42. The van der Waals surface area contributed by atoms with Crippen molar-refractivity contribution < 1.29 is 18.3 Å². The summed E-state index contributed by atoms with van der Waals surface area (Å²) in [5.41, 5.74) is 5.23. The number of likely N-dealkylation sites (tertiary alicyclic amines) is 1. The predicted molar refractivity (Wildman–Crippen MR) is 173 cm³/mol. The van der Waals surface area contributed by atoms with Crippen LogP contribution in [-0.4, -0.2) is 93.8 Å². The Morgan fingerprint density at radius 2 is 1.91 bits per heavy atom. The highest BCUT2D eigenvalue weighted by molar-refractivity contribution is 5.78. The number of halogens is 2. The number of fused-ring (bicyclic) bond motifs is 2. The highest BCUT2D eigenvalue weighted by atomic mass is 19.3. The van der Waals surface area contributed by atoms with E-state index < -0.39 is 6.43 Å². The van der Waals surface area contributed by atoms with Gasteiger partial charge in [0.15, 0.2) is 5.82 Å². The number of aryl methyl sites for hydroxylation is 2. The molecule has 1 aromatic carbocycles. The number of carbonyl (C=O) groups is 1. The van der Waals surface area contributed by atoms with Gasteiger partial charge in [-0.15, -0.1) is 0 Å². The number of nitrogens with one attached hydrogen (secondary N) is 1. The summed E-state index contributed by atoms with van der Waals surface area (Å²) >= 11 is 0. The van der Waals surface area contributed by atoms with Crippen molar-refractivity contribution in [3.63, 3.8) is 0 Å². The van der Waals surface area contributed by atoms with Crippen LogP contribution in [0.2, 0.25) is 0 Å². The topological polar surface area (TPSA) is 83.7 Å². The number of rotatable bonds is 7. The fourth-order valence-electron chi connectivity index (χ4n) is 8.11. The molecule has 0 radical (unpaired) electrons. The van der Waals surface area contributed by atoms with E-state index in [-0.39, 0.29) is 23.1 Å². The second-order valence-electron chi connectivity index (χ2n) is 13.6. The molecule has 1 amide bonds. The summed E-state index contributed by atoms with van der Waals surface area (Å²) in [5, 5.41) is 13.0. The van der Waals surface area contributed by atoms with Gasteiger partial charge in [-0.05, 0) is 74.9 Å². The molecule has 0 saturated carbocycles. The summed E-state index contributed by atoms with van der Waals surface area (Å²) in [4.78, 5) is 19.1. The Morgan fingerprint density at radius 1 is 1.13 bits per heavy atom. The van der Waals surface area contributed by atoms with Crippen LogP contribution in [-0.2, 0) is 36.0 Å². The maximum Gasteiger partial charge on any atom is 0.264 e. The molecule has 0 unspecified atom stereocenters. The second kappa shape index (κ2) is 12.7. The lowest BCUT2D eigenvalue weighted by atomic mass is 9.90. The molecule has 2 aromatic heterocycles. The molecule has 248 valence electrons. The number of benzene rings is 1. The van der Waals surface area contributed by atoms with Gasteiger partial charge in [-0.2, -0.15) is 10.2 Å². The molecule has 0 bridgehead atoms. The van der Waals surface area contributed by atoms with Crippen LogP contribution in [0.5, 0.6) is 0 Å². The van der Waals surface area contributed by atoms with Gasteiger partial charge in [-0.3, -0.25) is 14.2 Å². The van der Waals surface area contributed by atoms with Crippen LogP contribution in [0.15, 0.2) is 24.5 Å². The number of carbonyl (C=O) groups excluding carboxylic acids is 1. The lowest BCUT2D eigenvalue weighted by molar-refractivity contribution is -0.129. The molecule has 4 aliphatic rings. The van der Waals surface area contributed by atoms with Gasteiger partial charge in [0.2, 0.25) is 5.91 Å². The van der Waals surface area contributed by atoms with E-state index in [1.54, 1.807) is 37.1 Å². The number of alkyl halides is 2. The van der Waals surface area contributed by atoms with Crippen molar-refractivity contribution in [3.8, 4) is 11.1 Å². The second-order valence-corrected chi connectivity index (χ2v) is 13.6. The Hall–Kier alpha value is -3.35. The minimum absolute atomic E-state index is 0.00672. The zero-order valence-electron chi connectivity index (χ0n) is 27.3. The molecule has 46 heavy (non-hydrogen) atoms. The molecule has 1 N–H and O–H groups in total. The third kappa shape index (κ3) is 5.84. The van der Waals surface area contributed by atoms with Gasteiger partial charge in [0.25, 0.3) is 6.43 Å². The average molecular weight is 637 g/mol. The van der Waals surface area contributed by atoms with Crippen LogP contribution in [0.1, 0.15) is 73.9 Å². The van der Waals surface area contributed by atoms with Crippen molar-refractivity contribution in [1.82, 2.24) is 34.7 Å². The quantitative estimate of drug-likeness (QED) is 0.406. The summed E-state index contributed by atoms with van der Waals surface area (Å²) in [5.74, 6) is 0.856. The minimum Gasteiger partial charge on any atom is -0.377 e. The molecule has 2 saturated heterocycles. The largest absolute Gasteiger partial charge is 0.377 e. The molecular formula is C34H46F2N8O2. The predicted octanol–water partition coefficient (Wildman–Crippen LogP) is 4.62. The number of nitrogens with zero attached hydrogens (tertiary/aromatic N) is 7. The molecule has 7 rings (SSSR count). The van der Waals surface area contributed by atoms with Crippen molar-refractivity contribution >= 4 is 17.4 Å². The molecule has 3 aromatic rings. The molecule has 0 atom stereocenters. The highest BCUT2D eigenvalue weighted by Crippen LogP contribution is 2.43. The van der Waals surface area contributed by atoms with Crippen LogP contribution in [0.25, 0.3) is 11.1 Å². The first-order valence-electron chi connectivity index (χ1n) is 16.8. The van der Waals surface area contributed by atoms with Crippen molar-refractivity contribution in [1.29, 1.82) is 0 Å². The molecular weight excluding hydrogens is 590 g/mol. The third-order valence-electron chi connectivity index (χ3n) is 10.7. The number of methoxy groups -OCH3 is 1. The van der Waals surface area contributed by atoms with Crippen molar-refractivity contribution in [2.24, 2.45) is 7.05 Å². The van der Waals surface area contributed by atoms with Gasteiger partial charge in [0, 0.05) is 94.5 Å². The first-order valence-corrected chi connectivity index (χ1v) is 16.8. The monoisotopic (exact) mass is 636 g/mol. The number of amides is 1. The number of hydrogen-bond donors (Lipinski definition) is 1. The van der Waals surface area contributed by atoms with Gasteiger partial charge in [0.1, 0.15) is 0 Å². The van der Waals surface area contributed by atoms with Crippen molar-refractivity contribution in [2.45, 2.75) is 76.5 Å². The van der Waals surface area contributed by atoms with Gasteiger partial charge in [0.05, 0.1) is 24.4 Å². The lowest BCUT2D eigenvalue weighted by Crippen LogP contribution is -2.52. The zero-order chi connectivity index (χ0) is 32.0. The van der Waals surface area contributed by atoms with Crippen LogP contribution in [0, 0.1) is 0 Å². The van der Waals surface area contributed by atoms with E-state index in [9.17, 15) is 13.6 Å². The smallest absolute Gasteiger partial charge is 0.264 e. The molecule has 10 nitrogen and oxygen atoms in total. The zero-order valence-corrected chi connectivity index (χ0v) is 27.3. The van der Waals surface area contributed by atoms with Gasteiger partial charge >= 0.3 is 0 Å². The first kappa shape index (κ1) is 31.3. The molecule has 0 aliphatic carbocycles. The summed E-state index contributed by atoms with van der Waals surface area (Å²) in [6.07, 6.45) is 7.28. The van der Waals surface area contributed by atoms with E-state index in [1.807, 2.05) is 18.1 Å². The number of hydrogen-bond acceptors (Lipinski definition) is 7. The average Bonchev–Trinajstić information content (AvgIpc) is 3.68. The van der Waals surface area contributed by atoms with Crippen molar-refractivity contribution in [2.75, 3.05) is 57.8 Å².